The van der Waals surface area contributed by atoms with Gasteiger partial charge in [0, 0.05) is 25.1 Å². The number of rotatable bonds is 6. The van der Waals surface area contributed by atoms with Crippen molar-refractivity contribution in [3.05, 3.63) is 22.2 Å². The lowest BCUT2D eigenvalue weighted by Gasteiger charge is -2.21. The van der Waals surface area contributed by atoms with E-state index in [9.17, 15) is 9.59 Å². The van der Waals surface area contributed by atoms with Gasteiger partial charge in [-0.05, 0) is 19.8 Å². The van der Waals surface area contributed by atoms with E-state index in [-0.39, 0.29) is 12.0 Å². The molecule has 0 spiro atoms. The van der Waals surface area contributed by atoms with Crippen LogP contribution < -0.4 is 10.5 Å². The molecule has 0 bridgehead atoms. The predicted octanol–water partition coefficient (Wildman–Crippen LogP) is 0.948. The van der Waals surface area contributed by atoms with E-state index in [2.05, 4.69) is 9.97 Å². The second kappa shape index (κ2) is 5.20. The van der Waals surface area contributed by atoms with Crippen molar-refractivity contribution in [3.63, 3.8) is 0 Å². The fourth-order valence-electron chi connectivity index (χ4n) is 1.84. The molecule has 2 N–H and O–H groups in total. The number of hydrogen-bond acceptors (Lipinski definition) is 4. The highest BCUT2D eigenvalue weighted by molar-refractivity contribution is 5.67. The lowest BCUT2D eigenvalue weighted by atomic mass is 10.3. The SMILES string of the molecule is CCN(CCC(=O)O)c1cc(=O)[nH]c(C2CC2)n1. The van der Waals surface area contributed by atoms with Crippen LogP contribution in [0.15, 0.2) is 10.9 Å². The Morgan fingerprint density at radius 3 is 2.89 bits per heavy atom. The van der Waals surface area contributed by atoms with Gasteiger partial charge in [-0.25, -0.2) is 4.98 Å². The van der Waals surface area contributed by atoms with Crippen LogP contribution in [0.25, 0.3) is 0 Å². The zero-order valence-corrected chi connectivity index (χ0v) is 10.3. The molecule has 1 aromatic rings. The number of aromatic nitrogens is 2. The molecule has 18 heavy (non-hydrogen) atoms. The minimum atomic E-state index is -0.847. The summed E-state index contributed by atoms with van der Waals surface area (Å²) in [6.07, 6.45) is 2.17. The lowest BCUT2D eigenvalue weighted by Crippen LogP contribution is -2.28. The molecule has 0 unspecified atom stereocenters. The first-order valence-corrected chi connectivity index (χ1v) is 6.18. The number of aromatic amines is 1. The molecule has 2 rings (SSSR count). The van der Waals surface area contributed by atoms with Crippen molar-refractivity contribution in [1.29, 1.82) is 0 Å². The van der Waals surface area contributed by atoms with E-state index in [0.29, 0.717) is 24.8 Å². The number of nitrogens with zero attached hydrogens (tertiary/aromatic N) is 2. The molecule has 6 heteroatoms. The van der Waals surface area contributed by atoms with Gasteiger partial charge in [0.2, 0.25) is 0 Å². The monoisotopic (exact) mass is 251 g/mol. The Morgan fingerprint density at radius 2 is 2.33 bits per heavy atom. The Labute approximate surface area is 105 Å². The average Bonchev–Trinajstić information content (AvgIpc) is 3.12. The highest BCUT2D eigenvalue weighted by Crippen LogP contribution is 2.37. The highest BCUT2D eigenvalue weighted by Gasteiger charge is 2.26. The molecule has 0 radical (unpaired) electrons. The molecule has 0 aromatic carbocycles. The number of carboxylic acids is 1. The standard InChI is InChI=1S/C12H17N3O3/c1-2-15(6-5-11(17)18)9-7-10(16)14-12(13-9)8-3-4-8/h7-8H,2-6H2,1H3,(H,17,18)(H,13,14,16). The molecule has 1 aliphatic carbocycles. The van der Waals surface area contributed by atoms with Crippen molar-refractivity contribution in [2.75, 3.05) is 18.0 Å². The van der Waals surface area contributed by atoms with Gasteiger partial charge < -0.3 is 15.0 Å². The molecule has 0 amide bonds. The largest absolute Gasteiger partial charge is 0.481 e. The predicted molar refractivity (Wildman–Crippen MR) is 67.0 cm³/mol. The molecule has 1 fully saturated rings. The fourth-order valence-corrected chi connectivity index (χ4v) is 1.84. The van der Waals surface area contributed by atoms with E-state index < -0.39 is 5.97 Å². The number of carbonyl (C=O) groups is 1. The van der Waals surface area contributed by atoms with E-state index in [0.717, 1.165) is 18.7 Å². The summed E-state index contributed by atoms with van der Waals surface area (Å²) in [6.45, 7) is 2.92. The molecule has 6 nitrogen and oxygen atoms in total. The third-order valence-corrected chi connectivity index (χ3v) is 3.01. The Balaban J connectivity index is 2.18. The molecule has 1 aliphatic rings. The average molecular weight is 251 g/mol. The van der Waals surface area contributed by atoms with Crippen LogP contribution in [-0.4, -0.2) is 34.1 Å². The van der Waals surface area contributed by atoms with Gasteiger partial charge in [0.25, 0.3) is 5.56 Å². The lowest BCUT2D eigenvalue weighted by molar-refractivity contribution is -0.136. The normalized spacial score (nSPS) is 14.5. The number of anilines is 1. The van der Waals surface area contributed by atoms with Gasteiger partial charge in [0.1, 0.15) is 11.6 Å². The van der Waals surface area contributed by atoms with Crippen molar-refractivity contribution in [2.24, 2.45) is 0 Å². The van der Waals surface area contributed by atoms with Gasteiger partial charge >= 0.3 is 5.97 Å². The maximum absolute atomic E-state index is 11.6. The summed E-state index contributed by atoms with van der Waals surface area (Å²) in [6, 6.07) is 1.43. The van der Waals surface area contributed by atoms with Crippen LogP contribution in [0.1, 0.15) is 37.9 Å². The quantitative estimate of drug-likeness (QED) is 0.786. The van der Waals surface area contributed by atoms with Gasteiger partial charge in [-0.1, -0.05) is 0 Å². The zero-order chi connectivity index (χ0) is 13.1. The molecule has 0 aliphatic heterocycles. The summed E-state index contributed by atoms with van der Waals surface area (Å²) < 4.78 is 0. The second-order valence-corrected chi connectivity index (χ2v) is 4.49. The van der Waals surface area contributed by atoms with Crippen LogP contribution in [0.4, 0.5) is 5.82 Å². The van der Waals surface area contributed by atoms with E-state index in [4.69, 9.17) is 5.11 Å². The molecular formula is C12H17N3O3. The summed E-state index contributed by atoms with van der Waals surface area (Å²) in [5.41, 5.74) is -0.171. The topological polar surface area (TPSA) is 86.3 Å². The molecule has 1 aromatic heterocycles. The van der Waals surface area contributed by atoms with Crippen LogP contribution in [0.5, 0.6) is 0 Å². The van der Waals surface area contributed by atoms with Crippen molar-refractivity contribution >= 4 is 11.8 Å². The number of carboxylic acid groups (broad SMARTS) is 1. The smallest absolute Gasteiger partial charge is 0.305 e. The Hall–Kier alpha value is -1.85. The Morgan fingerprint density at radius 1 is 1.61 bits per heavy atom. The molecule has 1 saturated carbocycles. The maximum atomic E-state index is 11.6. The highest BCUT2D eigenvalue weighted by atomic mass is 16.4. The number of aliphatic carboxylic acids is 1. The van der Waals surface area contributed by atoms with Crippen LogP contribution in [0.3, 0.4) is 0 Å². The summed E-state index contributed by atoms with van der Waals surface area (Å²) in [4.78, 5) is 31.1. The minimum Gasteiger partial charge on any atom is -0.481 e. The molecule has 1 heterocycles. The van der Waals surface area contributed by atoms with Gasteiger partial charge in [0.05, 0.1) is 6.42 Å². The van der Waals surface area contributed by atoms with Gasteiger partial charge in [0.15, 0.2) is 0 Å². The summed E-state index contributed by atoms with van der Waals surface area (Å²) in [5.74, 6) is 0.826. The Bertz CT molecular complexity index is 494. The molecule has 0 atom stereocenters. The van der Waals surface area contributed by atoms with Crippen molar-refractivity contribution < 1.29 is 9.90 Å². The van der Waals surface area contributed by atoms with E-state index in [1.807, 2.05) is 11.8 Å². The maximum Gasteiger partial charge on any atom is 0.305 e. The Kier molecular flexibility index (Phi) is 3.64. The number of hydrogen-bond donors (Lipinski definition) is 2. The first-order chi connectivity index (χ1) is 8.60. The van der Waals surface area contributed by atoms with E-state index in [1.165, 1.54) is 6.07 Å². The van der Waals surface area contributed by atoms with E-state index in [1.54, 1.807) is 0 Å². The summed E-state index contributed by atoms with van der Waals surface area (Å²) in [5, 5.41) is 8.70. The summed E-state index contributed by atoms with van der Waals surface area (Å²) >= 11 is 0. The van der Waals surface area contributed by atoms with Crippen LogP contribution >= 0.6 is 0 Å². The second-order valence-electron chi connectivity index (χ2n) is 4.49. The van der Waals surface area contributed by atoms with Crippen molar-refractivity contribution in [1.82, 2.24) is 9.97 Å². The van der Waals surface area contributed by atoms with Gasteiger partial charge in [-0.15, -0.1) is 0 Å². The number of nitrogens with one attached hydrogen (secondary N) is 1. The third-order valence-electron chi connectivity index (χ3n) is 3.01. The van der Waals surface area contributed by atoms with Gasteiger partial charge in [-0.2, -0.15) is 0 Å². The zero-order valence-electron chi connectivity index (χ0n) is 10.3. The van der Waals surface area contributed by atoms with Crippen LogP contribution in [0, 0.1) is 0 Å². The van der Waals surface area contributed by atoms with Crippen LogP contribution in [0.2, 0.25) is 0 Å². The minimum absolute atomic E-state index is 0.0427. The van der Waals surface area contributed by atoms with Gasteiger partial charge in [-0.3, -0.25) is 9.59 Å². The first kappa shape index (κ1) is 12.6. The first-order valence-electron chi connectivity index (χ1n) is 6.18. The molecular weight excluding hydrogens is 234 g/mol. The fraction of sp³-hybridized carbons (Fsp3) is 0.583. The third kappa shape index (κ3) is 3.09. The number of H-pyrrole nitrogens is 1. The van der Waals surface area contributed by atoms with Crippen molar-refractivity contribution in [2.45, 2.75) is 32.1 Å². The van der Waals surface area contributed by atoms with Crippen molar-refractivity contribution in [3.8, 4) is 0 Å². The molecule has 0 saturated heterocycles. The molecule has 98 valence electrons. The summed E-state index contributed by atoms with van der Waals surface area (Å²) in [7, 11) is 0. The van der Waals surface area contributed by atoms with Crippen LogP contribution in [-0.2, 0) is 4.79 Å². The van der Waals surface area contributed by atoms with E-state index >= 15 is 0 Å².